The van der Waals surface area contributed by atoms with Crippen molar-refractivity contribution in [3.63, 3.8) is 0 Å². The Kier molecular flexibility index (Phi) is 8.56. The van der Waals surface area contributed by atoms with Crippen LogP contribution in [0.5, 0.6) is 23.0 Å². The van der Waals surface area contributed by atoms with Gasteiger partial charge in [0, 0.05) is 0 Å². The topological polar surface area (TPSA) is 106 Å². The van der Waals surface area contributed by atoms with Crippen LogP contribution >= 0.6 is 0 Å². The maximum Gasteiger partial charge on any atom is 0.343 e. The lowest BCUT2D eigenvalue weighted by molar-refractivity contribution is 0.0729. The number of rotatable bonds is 10. The number of nitrogens with one attached hydrogen (secondary N) is 1. The first-order valence-electron chi connectivity index (χ1n) is 12.2. The first-order valence-corrected chi connectivity index (χ1v) is 12.2. The SMILES string of the molecule is CCCCOc1ccc(C(=O)Oc2ccc(/C=N/NC(=O)c3cc4ccccc4cc3O)cc2OC)cc1. The minimum Gasteiger partial charge on any atom is -0.507 e. The van der Waals surface area contributed by atoms with Crippen molar-refractivity contribution in [3.8, 4) is 23.0 Å². The monoisotopic (exact) mass is 512 g/mol. The van der Waals surface area contributed by atoms with E-state index in [1.54, 1.807) is 48.5 Å². The summed E-state index contributed by atoms with van der Waals surface area (Å²) in [6, 6.07) is 22.2. The molecule has 0 radical (unpaired) electrons. The molecule has 0 aliphatic carbocycles. The average molecular weight is 513 g/mol. The van der Waals surface area contributed by atoms with E-state index in [0.29, 0.717) is 29.2 Å². The number of hydrogen-bond donors (Lipinski definition) is 2. The van der Waals surface area contributed by atoms with Crippen molar-refractivity contribution < 1.29 is 28.9 Å². The van der Waals surface area contributed by atoms with Crippen molar-refractivity contribution in [1.29, 1.82) is 0 Å². The van der Waals surface area contributed by atoms with Gasteiger partial charge in [0.05, 0.1) is 31.1 Å². The van der Waals surface area contributed by atoms with Gasteiger partial charge in [0.25, 0.3) is 5.91 Å². The van der Waals surface area contributed by atoms with E-state index >= 15 is 0 Å². The van der Waals surface area contributed by atoms with Gasteiger partial charge in [-0.25, -0.2) is 10.2 Å². The highest BCUT2D eigenvalue weighted by atomic mass is 16.6. The largest absolute Gasteiger partial charge is 0.507 e. The molecule has 0 bridgehead atoms. The molecular formula is C30H28N2O6. The summed E-state index contributed by atoms with van der Waals surface area (Å²) in [7, 11) is 1.46. The smallest absolute Gasteiger partial charge is 0.343 e. The third-order valence-electron chi connectivity index (χ3n) is 5.74. The molecule has 0 saturated carbocycles. The second-order valence-electron chi connectivity index (χ2n) is 8.44. The van der Waals surface area contributed by atoms with E-state index in [4.69, 9.17) is 14.2 Å². The molecule has 38 heavy (non-hydrogen) atoms. The number of aromatic hydroxyl groups is 1. The van der Waals surface area contributed by atoms with Gasteiger partial charge in [-0.3, -0.25) is 4.79 Å². The van der Waals surface area contributed by atoms with Gasteiger partial charge in [0.15, 0.2) is 11.5 Å². The molecule has 0 aromatic heterocycles. The molecule has 4 aromatic rings. The van der Waals surface area contributed by atoms with Crippen LogP contribution in [0.15, 0.2) is 84.0 Å². The zero-order valence-electron chi connectivity index (χ0n) is 21.1. The number of methoxy groups -OCH3 is 1. The normalized spacial score (nSPS) is 10.9. The van der Waals surface area contributed by atoms with Crippen molar-refractivity contribution in [3.05, 3.63) is 95.6 Å². The summed E-state index contributed by atoms with van der Waals surface area (Å²) >= 11 is 0. The van der Waals surface area contributed by atoms with E-state index in [9.17, 15) is 14.7 Å². The average Bonchev–Trinajstić information content (AvgIpc) is 2.93. The molecular weight excluding hydrogens is 484 g/mol. The number of unbranched alkanes of at least 4 members (excludes halogenated alkanes) is 1. The first-order chi connectivity index (χ1) is 18.5. The number of benzene rings is 4. The predicted molar refractivity (Wildman–Crippen MR) is 145 cm³/mol. The number of hydrazone groups is 1. The number of carbonyl (C=O) groups excluding carboxylic acids is 2. The summed E-state index contributed by atoms with van der Waals surface area (Å²) in [5.41, 5.74) is 3.50. The third-order valence-corrected chi connectivity index (χ3v) is 5.74. The van der Waals surface area contributed by atoms with Gasteiger partial charge < -0.3 is 19.3 Å². The van der Waals surface area contributed by atoms with Gasteiger partial charge in [-0.15, -0.1) is 0 Å². The highest BCUT2D eigenvalue weighted by Crippen LogP contribution is 2.29. The number of ether oxygens (including phenoxy) is 3. The predicted octanol–water partition coefficient (Wildman–Crippen LogP) is 5.72. The van der Waals surface area contributed by atoms with Crippen LogP contribution in [0.3, 0.4) is 0 Å². The fourth-order valence-corrected chi connectivity index (χ4v) is 3.67. The van der Waals surface area contributed by atoms with Crippen LogP contribution < -0.4 is 19.6 Å². The molecule has 0 aliphatic rings. The zero-order chi connectivity index (χ0) is 26.9. The summed E-state index contributed by atoms with van der Waals surface area (Å²) in [5, 5.41) is 15.9. The number of esters is 1. The lowest BCUT2D eigenvalue weighted by atomic mass is 10.1. The number of nitrogens with zero attached hydrogens (tertiary/aromatic N) is 1. The number of fused-ring (bicyclic) bond motifs is 1. The van der Waals surface area contributed by atoms with E-state index in [0.717, 1.165) is 23.6 Å². The van der Waals surface area contributed by atoms with Gasteiger partial charge in [-0.05, 0) is 77.4 Å². The van der Waals surface area contributed by atoms with Crippen LogP contribution in [-0.4, -0.2) is 36.9 Å². The lowest BCUT2D eigenvalue weighted by Crippen LogP contribution is -2.17. The highest BCUT2D eigenvalue weighted by Gasteiger charge is 2.14. The molecule has 194 valence electrons. The van der Waals surface area contributed by atoms with Crippen LogP contribution in [-0.2, 0) is 0 Å². The molecule has 4 rings (SSSR count). The third kappa shape index (κ3) is 6.47. The van der Waals surface area contributed by atoms with E-state index in [2.05, 4.69) is 17.5 Å². The Labute approximate surface area is 220 Å². The fraction of sp³-hybridized carbons (Fsp3) is 0.167. The molecule has 4 aromatic carbocycles. The minimum absolute atomic E-state index is 0.112. The Morgan fingerprint density at radius 3 is 2.39 bits per heavy atom. The summed E-state index contributed by atoms with van der Waals surface area (Å²) in [4.78, 5) is 25.2. The summed E-state index contributed by atoms with van der Waals surface area (Å²) in [5.74, 6) is 0.0291. The quantitative estimate of drug-likeness (QED) is 0.0926. The van der Waals surface area contributed by atoms with Crippen molar-refractivity contribution in [2.75, 3.05) is 13.7 Å². The molecule has 8 nitrogen and oxygen atoms in total. The molecule has 0 saturated heterocycles. The molecule has 0 spiro atoms. The van der Waals surface area contributed by atoms with Gasteiger partial charge in [-0.1, -0.05) is 37.6 Å². The van der Waals surface area contributed by atoms with E-state index in [1.165, 1.54) is 19.4 Å². The molecule has 0 atom stereocenters. The van der Waals surface area contributed by atoms with E-state index in [1.807, 2.05) is 24.3 Å². The Hall–Kier alpha value is -4.85. The van der Waals surface area contributed by atoms with Crippen LogP contribution in [0.4, 0.5) is 0 Å². The molecule has 0 aliphatic heterocycles. The van der Waals surface area contributed by atoms with Gasteiger partial charge in [0.2, 0.25) is 0 Å². The molecule has 8 heteroatoms. The van der Waals surface area contributed by atoms with Crippen LogP contribution in [0.25, 0.3) is 10.8 Å². The Morgan fingerprint density at radius 2 is 1.68 bits per heavy atom. The van der Waals surface area contributed by atoms with Crippen LogP contribution in [0.2, 0.25) is 0 Å². The second kappa shape index (κ2) is 12.4. The standard InChI is InChI=1S/C30H28N2O6/c1-3-4-15-37-24-12-10-21(11-13-24)30(35)38-27-14-9-20(16-28(27)36-2)19-31-32-29(34)25-17-22-7-5-6-8-23(22)18-26(25)33/h5-14,16-19,33H,3-4,15H2,1-2H3,(H,32,34)/b31-19+. The van der Waals surface area contributed by atoms with Crippen molar-refractivity contribution >= 4 is 28.9 Å². The summed E-state index contributed by atoms with van der Waals surface area (Å²) in [6.45, 7) is 2.72. The number of hydrogen-bond acceptors (Lipinski definition) is 7. The van der Waals surface area contributed by atoms with Gasteiger partial charge in [0.1, 0.15) is 11.5 Å². The minimum atomic E-state index is -0.552. The fourth-order valence-electron chi connectivity index (χ4n) is 3.67. The van der Waals surface area contributed by atoms with Crippen molar-refractivity contribution in [2.45, 2.75) is 19.8 Å². The maximum atomic E-state index is 12.6. The lowest BCUT2D eigenvalue weighted by Gasteiger charge is -2.10. The van der Waals surface area contributed by atoms with E-state index < -0.39 is 11.9 Å². The molecule has 2 N–H and O–H groups in total. The molecule has 1 amide bonds. The van der Waals surface area contributed by atoms with Crippen LogP contribution in [0, 0.1) is 0 Å². The van der Waals surface area contributed by atoms with Crippen LogP contribution in [0.1, 0.15) is 46.0 Å². The second-order valence-corrected chi connectivity index (χ2v) is 8.44. The first kappa shape index (κ1) is 26.2. The van der Waals surface area contributed by atoms with Crippen molar-refractivity contribution in [2.24, 2.45) is 5.10 Å². The summed E-state index contributed by atoms with van der Waals surface area (Å²) in [6.07, 6.45) is 3.42. The Balaban J connectivity index is 1.39. The van der Waals surface area contributed by atoms with Gasteiger partial charge >= 0.3 is 5.97 Å². The molecule has 0 unspecified atom stereocenters. The zero-order valence-corrected chi connectivity index (χ0v) is 21.1. The number of phenolic OH excluding ortho intramolecular Hbond substituents is 1. The Bertz CT molecular complexity index is 1460. The van der Waals surface area contributed by atoms with Crippen molar-refractivity contribution in [1.82, 2.24) is 5.43 Å². The number of amides is 1. The number of phenols is 1. The summed E-state index contributed by atoms with van der Waals surface area (Å²) < 4.78 is 16.5. The Morgan fingerprint density at radius 1 is 0.947 bits per heavy atom. The number of carbonyl (C=O) groups is 2. The molecule has 0 heterocycles. The molecule has 0 fully saturated rings. The van der Waals surface area contributed by atoms with Gasteiger partial charge in [-0.2, -0.15) is 5.10 Å². The van der Waals surface area contributed by atoms with E-state index in [-0.39, 0.29) is 17.1 Å². The maximum absolute atomic E-state index is 12.6. The highest BCUT2D eigenvalue weighted by molar-refractivity contribution is 6.01.